The highest BCUT2D eigenvalue weighted by molar-refractivity contribution is 5.95. The van der Waals surface area contributed by atoms with Crippen molar-refractivity contribution in [2.24, 2.45) is 0 Å². The Morgan fingerprint density at radius 3 is 2.65 bits per heavy atom. The fourth-order valence-electron chi connectivity index (χ4n) is 2.87. The molecule has 1 fully saturated rings. The number of carbonyl (C=O) groups excluding carboxylic acids is 1. The van der Waals surface area contributed by atoms with Crippen molar-refractivity contribution in [3.05, 3.63) is 65.7 Å². The van der Waals surface area contributed by atoms with Gasteiger partial charge in [0.15, 0.2) is 0 Å². The molecule has 1 saturated heterocycles. The van der Waals surface area contributed by atoms with E-state index in [1.54, 1.807) is 12.1 Å². The SMILES string of the molecule is Nc1cccc(C(=O)N2CCCC2c2ccccc2)c1. The molecule has 3 heteroatoms. The molecule has 2 N–H and O–H groups in total. The van der Waals surface area contributed by atoms with Crippen molar-refractivity contribution in [1.82, 2.24) is 4.90 Å². The molecule has 2 aromatic carbocycles. The molecule has 0 spiro atoms. The summed E-state index contributed by atoms with van der Waals surface area (Å²) in [6.07, 6.45) is 2.08. The van der Waals surface area contributed by atoms with Gasteiger partial charge in [0.2, 0.25) is 0 Å². The number of likely N-dealkylation sites (tertiary alicyclic amines) is 1. The highest BCUT2D eigenvalue weighted by Crippen LogP contribution is 2.33. The standard InChI is InChI=1S/C17H18N2O/c18-15-9-4-8-14(12-15)17(20)19-11-5-10-16(19)13-6-2-1-3-7-13/h1-4,6-9,12,16H,5,10-11,18H2. The third-order valence-corrected chi connectivity index (χ3v) is 3.83. The first-order valence-electron chi connectivity index (χ1n) is 6.97. The third-order valence-electron chi connectivity index (χ3n) is 3.83. The average Bonchev–Trinajstić information content (AvgIpc) is 2.97. The Kier molecular flexibility index (Phi) is 3.42. The number of nitrogens with zero attached hydrogens (tertiary/aromatic N) is 1. The Bertz CT molecular complexity index is 609. The van der Waals surface area contributed by atoms with E-state index in [4.69, 9.17) is 5.73 Å². The number of benzene rings is 2. The highest BCUT2D eigenvalue weighted by Gasteiger charge is 2.30. The minimum Gasteiger partial charge on any atom is -0.399 e. The zero-order chi connectivity index (χ0) is 13.9. The molecule has 20 heavy (non-hydrogen) atoms. The van der Waals surface area contributed by atoms with Crippen LogP contribution in [-0.4, -0.2) is 17.4 Å². The third kappa shape index (κ3) is 2.39. The van der Waals surface area contributed by atoms with Crippen LogP contribution in [0.25, 0.3) is 0 Å². The molecular formula is C17H18N2O. The number of hydrogen-bond donors (Lipinski definition) is 1. The maximum Gasteiger partial charge on any atom is 0.254 e. The molecule has 0 saturated carbocycles. The van der Waals surface area contributed by atoms with Crippen molar-refractivity contribution in [3.8, 4) is 0 Å². The van der Waals surface area contributed by atoms with Gasteiger partial charge >= 0.3 is 0 Å². The van der Waals surface area contributed by atoms with Crippen LogP contribution in [0.2, 0.25) is 0 Å². The zero-order valence-corrected chi connectivity index (χ0v) is 11.3. The van der Waals surface area contributed by atoms with Crippen LogP contribution in [0.3, 0.4) is 0 Å². The fourth-order valence-corrected chi connectivity index (χ4v) is 2.87. The molecular weight excluding hydrogens is 248 g/mol. The molecule has 1 amide bonds. The lowest BCUT2D eigenvalue weighted by atomic mass is 10.0. The summed E-state index contributed by atoms with van der Waals surface area (Å²) in [6.45, 7) is 0.813. The van der Waals surface area contributed by atoms with E-state index in [-0.39, 0.29) is 11.9 Å². The summed E-state index contributed by atoms with van der Waals surface area (Å²) in [5, 5.41) is 0. The van der Waals surface area contributed by atoms with Crippen LogP contribution in [0, 0.1) is 0 Å². The number of rotatable bonds is 2. The van der Waals surface area contributed by atoms with E-state index in [0.717, 1.165) is 19.4 Å². The number of nitrogens with two attached hydrogens (primary N) is 1. The molecule has 2 aromatic rings. The molecule has 1 aliphatic heterocycles. The van der Waals surface area contributed by atoms with Crippen molar-refractivity contribution in [3.63, 3.8) is 0 Å². The van der Waals surface area contributed by atoms with E-state index < -0.39 is 0 Å². The lowest BCUT2D eigenvalue weighted by Gasteiger charge is -2.25. The van der Waals surface area contributed by atoms with Crippen LogP contribution in [0.5, 0.6) is 0 Å². The van der Waals surface area contributed by atoms with Crippen molar-refractivity contribution in [2.45, 2.75) is 18.9 Å². The van der Waals surface area contributed by atoms with Gasteiger partial charge in [-0.2, -0.15) is 0 Å². The van der Waals surface area contributed by atoms with Crippen LogP contribution in [0.1, 0.15) is 34.8 Å². The number of hydrogen-bond acceptors (Lipinski definition) is 2. The van der Waals surface area contributed by atoms with Crippen LogP contribution in [0.15, 0.2) is 54.6 Å². The molecule has 3 nitrogen and oxygen atoms in total. The molecule has 3 rings (SSSR count). The lowest BCUT2D eigenvalue weighted by Crippen LogP contribution is -2.30. The fraction of sp³-hybridized carbons (Fsp3) is 0.235. The first kappa shape index (κ1) is 12.7. The van der Waals surface area contributed by atoms with E-state index in [2.05, 4.69) is 12.1 Å². The lowest BCUT2D eigenvalue weighted by molar-refractivity contribution is 0.0735. The second kappa shape index (κ2) is 5.37. The number of carbonyl (C=O) groups is 1. The Hall–Kier alpha value is -2.29. The van der Waals surface area contributed by atoms with Crippen molar-refractivity contribution < 1.29 is 4.79 Å². The Labute approximate surface area is 119 Å². The van der Waals surface area contributed by atoms with E-state index >= 15 is 0 Å². The maximum atomic E-state index is 12.7. The Morgan fingerprint density at radius 2 is 1.90 bits per heavy atom. The summed E-state index contributed by atoms with van der Waals surface area (Å²) in [5.74, 6) is 0.0728. The Morgan fingerprint density at radius 1 is 1.10 bits per heavy atom. The normalized spacial score (nSPS) is 18.2. The molecule has 1 heterocycles. The van der Waals surface area contributed by atoms with Gasteiger partial charge < -0.3 is 10.6 Å². The molecule has 1 atom stereocenters. The predicted molar refractivity (Wildman–Crippen MR) is 80.3 cm³/mol. The first-order chi connectivity index (χ1) is 9.75. The Balaban J connectivity index is 1.87. The molecule has 0 bridgehead atoms. The minimum atomic E-state index is 0.0728. The molecule has 1 unspecified atom stereocenters. The summed E-state index contributed by atoms with van der Waals surface area (Å²) in [4.78, 5) is 14.6. The molecule has 1 aliphatic rings. The number of amides is 1. The van der Waals surface area contributed by atoms with Gasteiger partial charge in [0.05, 0.1) is 6.04 Å². The number of anilines is 1. The second-order valence-corrected chi connectivity index (χ2v) is 5.19. The topological polar surface area (TPSA) is 46.3 Å². The quantitative estimate of drug-likeness (QED) is 0.848. The van der Waals surface area contributed by atoms with Gasteiger partial charge in [0.25, 0.3) is 5.91 Å². The van der Waals surface area contributed by atoms with Gasteiger partial charge in [-0.3, -0.25) is 4.79 Å². The summed E-state index contributed by atoms with van der Waals surface area (Å²) >= 11 is 0. The van der Waals surface area contributed by atoms with Gasteiger partial charge in [-0.25, -0.2) is 0 Å². The van der Waals surface area contributed by atoms with Crippen molar-refractivity contribution in [2.75, 3.05) is 12.3 Å². The van der Waals surface area contributed by atoms with Crippen LogP contribution < -0.4 is 5.73 Å². The van der Waals surface area contributed by atoms with E-state index in [1.807, 2.05) is 35.2 Å². The van der Waals surface area contributed by atoms with Crippen molar-refractivity contribution in [1.29, 1.82) is 0 Å². The minimum absolute atomic E-state index is 0.0728. The summed E-state index contributed by atoms with van der Waals surface area (Å²) in [5.41, 5.74) is 8.29. The number of nitrogen functional groups attached to an aromatic ring is 1. The van der Waals surface area contributed by atoms with E-state index in [9.17, 15) is 4.79 Å². The van der Waals surface area contributed by atoms with Gasteiger partial charge in [-0.1, -0.05) is 36.4 Å². The summed E-state index contributed by atoms with van der Waals surface area (Å²) in [6, 6.07) is 17.6. The first-order valence-corrected chi connectivity index (χ1v) is 6.97. The monoisotopic (exact) mass is 266 g/mol. The summed E-state index contributed by atoms with van der Waals surface area (Å²) in [7, 11) is 0. The van der Waals surface area contributed by atoms with Crippen molar-refractivity contribution >= 4 is 11.6 Å². The van der Waals surface area contributed by atoms with Crippen LogP contribution in [0.4, 0.5) is 5.69 Å². The van der Waals surface area contributed by atoms with Gasteiger partial charge in [0.1, 0.15) is 0 Å². The summed E-state index contributed by atoms with van der Waals surface area (Å²) < 4.78 is 0. The van der Waals surface area contributed by atoms with Crippen LogP contribution in [-0.2, 0) is 0 Å². The zero-order valence-electron chi connectivity index (χ0n) is 11.3. The maximum absolute atomic E-state index is 12.7. The smallest absolute Gasteiger partial charge is 0.254 e. The van der Waals surface area contributed by atoms with E-state index in [0.29, 0.717) is 11.3 Å². The highest BCUT2D eigenvalue weighted by atomic mass is 16.2. The molecule has 0 aromatic heterocycles. The average molecular weight is 266 g/mol. The molecule has 102 valence electrons. The predicted octanol–water partition coefficient (Wildman–Crippen LogP) is 3.25. The van der Waals surface area contributed by atoms with Gasteiger partial charge in [-0.05, 0) is 36.6 Å². The van der Waals surface area contributed by atoms with E-state index in [1.165, 1.54) is 5.56 Å². The molecule has 0 aliphatic carbocycles. The van der Waals surface area contributed by atoms with Gasteiger partial charge in [-0.15, -0.1) is 0 Å². The molecule has 0 radical (unpaired) electrons. The van der Waals surface area contributed by atoms with Gasteiger partial charge in [0, 0.05) is 17.8 Å². The van der Waals surface area contributed by atoms with Crippen LogP contribution >= 0.6 is 0 Å². The second-order valence-electron chi connectivity index (χ2n) is 5.19. The largest absolute Gasteiger partial charge is 0.399 e.